The summed E-state index contributed by atoms with van der Waals surface area (Å²) >= 11 is 1.24. The van der Waals surface area contributed by atoms with E-state index in [4.69, 9.17) is 20.7 Å². The van der Waals surface area contributed by atoms with Crippen LogP contribution in [0, 0.1) is 6.92 Å². The number of rotatable bonds is 4. The number of hydrogen-bond acceptors (Lipinski definition) is 6. The predicted octanol–water partition coefficient (Wildman–Crippen LogP) is 0.149. The van der Waals surface area contributed by atoms with Crippen molar-refractivity contribution in [2.45, 2.75) is 13.0 Å². The lowest BCUT2D eigenvalue weighted by atomic mass is 10.4. The van der Waals surface area contributed by atoms with E-state index in [0.717, 1.165) is 4.88 Å². The average Bonchev–Trinajstić information content (AvgIpc) is 2.55. The Morgan fingerprint density at radius 1 is 1.73 bits per heavy atom. The standard InChI is InChI=1S/C9H13NO4S/c1-5-7(10)2-8(15-5)9(13)14-4-6(12)3-11/h2,6,11-12H,3-4,10H2,1H3. The van der Waals surface area contributed by atoms with Gasteiger partial charge in [0.05, 0.1) is 6.61 Å². The van der Waals surface area contributed by atoms with E-state index in [-0.39, 0.29) is 6.61 Å². The number of thiophene rings is 1. The normalized spacial score (nSPS) is 12.5. The topological polar surface area (TPSA) is 92.8 Å². The van der Waals surface area contributed by atoms with Gasteiger partial charge in [-0.15, -0.1) is 11.3 Å². The molecular formula is C9H13NO4S. The summed E-state index contributed by atoms with van der Waals surface area (Å²) in [7, 11) is 0. The Labute approximate surface area is 91.1 Å². The van der Waals surface area contributed by atoms with Crippen LogP contribution in [0.4, 0.5) is 5.69 Å². The largest absolute Gasteiger partial charge is 0.459 e. The number of carbonyl (C=O) groups excluding carboxylic acids is 1. The number of ether oxygens (including phenoxy) is 1. The molecule has 1 unspecified atom stereocenters. The lowest BCUT2D eigenvalue weighted by molar-refractivity contribution is 0.00971. The van der Waals surface area contributed by atoms with E-state index in [1.54, 1.807) is 6.92 Å². The van der Waals surface area contributed by atoms with E-state index in [1.807, 2.05) is 0 Å². The Morgan fingerprint density at radius 2 is 2.40 bits per heavy atom. The maximum atomic E-state index is 11.4. The van der Waals surface area contributed by atoms with Crippen molar-refractivity contribution in [2.75, 3.05) is 18.9 Å². The summed E-state index contributed by atoms with van der Waals surface area (Å²) in [4.78, 5) is 12.6. The van der Waals surface area contributed by atoms with Gasteiger partial charge in [0.25, 0.3) is 0 Å². The number of nitrogens with two attached hydrogens (primary N) is 1. The van der Waals surface area contributed by atoms with Crippen LogP contribution in [0.1, 0.15) is 14.5 Å². The van der Waals surface area contributed by atoms with E-state index < -0.39 is 18.7 Å². The van der Waals surface area contributed by atoms with Crippen LogP contribution in [-0.4, -0.2) is 35.5 Å². The van der Waals surface area contributed by atoms with E-state index in [1.165, 1.54) is 17.4 Å². The molecule has 1 aromatic rings. The highest BCUT2D eigenvalue weighted by Crippen LogP contribution is 2.23. The van der Waals surface area contributed by atoms with Crippen molar-refractivity contribution >= 4 is 23.0 Å². The second-order valence-corrected chi connectivity index (χ2v) is 4.31. The first-order chi connectivity index (χ1) is 7.04. The molecule has 1 heterocycles. The maximum Gasteiger partial charge on any atom is 0.348 e. The van der Waals surface area contributed by atoms with Crippen molar-refractivity contribution in [1.82, 2.24) is 0 Å². The summed E-state index contributed by atoms with van der Waals surface area (Å²) < 4.78 is 4.76. The smallest absolute Gasteiger partial charge is 0.348 e. The molecule has 0 bridgehead atoms. The molecule has 5 nitrogen and oxygen atoms in total. The van der Waals surface area contributed by atoms with Gasteiger partial charge in [-0.1, -0.05) is 0 Å². The molecule has 0 radical (unpaired) electrons. The zero-order chi connectivity index (χ0) is 11.4. The average molecular weight is 231 g/mol. The molecule has 0 saturated heterocycles. The van der Waals surface area contributed by atoms with Crippen molar-refractivity contribution < 1.29 is 19.7 Å². The number of carbonyl (C=O) groups is 1. The van der Waals surface area contributed by atoms with Gasteiger partial charge in [-0.3, -0.25) is 0 Å². The fourth-order valence-electron chi connectivity index (χ4n) is 0.892. The molecule has 0 aliphatic rings. The number of aliphatic hydroxyl groups is 2. The number of esters is 1. The van der Waals surface area contributed by atoms with Crippen LogP contribution in [0.5, 0.6) is 0 Å². The number of anilines is 1. The Hall–Kier alpha value is -1.11. The van der Waals surface area contributed by atoms with E-state index in [0.29, 0.717) is 10.6 Å². The molecular weight excluding hydrogens is 218 g/mol. The summed E-state index contributed by atoms with van der Waals surface area (Å²) in [5, 5.41) is 17.5. The molecule has 1 rings (SSSR count). The van der Waals surface area contributed by atoms with Gasteiger partial charge < -0.3 is 20.7 Å². The van der Waals surface area contributed by atoms with Gasteiger partial charge in [0, 0.05) is 10.6 Å². The molecule has 0 amide bonds. The zero-order valence-electron chi connectivity index (χ0n) is 8.27. The van der Waals surface area contributed by atoms with Gasteiger partial charge in [-0.2, -0.15) is 0 Å². The molecule has 6 heteroatoms. The number of aliphatic hydroxyl groups excluding tert-OH is 2. The lowest BCUT2D eigenvalue weighted by Gasteiger charge is -2.06. The van der Waals surface area contributed by atoms with Crippen LogP contribution >= 0.6 is 11.3 Å². The van der Waals surface area contributed by atoms with Crippen molar-refractivity contribution in [2.24, 2.45) is 0 Å². The van der Waals surface area contributed by atoms with Gasteiger partial charge in [-0.25, -0.2) is 4.79 Å². The first-order valence-electron chi connectivity index (χ1n) is 4.36. The summed E-state index contributed by atoms with van der Waals surface area (Å²) in [6.45, 7) is 1.16. The Morgan fingerprint density at radius 3 is 2.87 bits per heavy atom. The third-order valence-electron chi connectivity index (χ3n) is 1.77. The van der Waals surface area contributed by atoms with E-state index in [9.17, 15) is 4.79 Å². The molecule has 4 N–H and O–H groups in total. The van der Waals surface area contributed by atoms with Crippen molar-refractivity contribution in [3.63, 3.8) is 0 Å². The van der Waals surface area contributed by atoms with E-state index >= 15 is 0 Å². The molecule has 0 aliphatic heterocycles. The van der Waals surface area contributed by atoms with Crippen LogP contribution < -0.4 is 5.73 Å². The summed E-state index contributed by atoms with van der Waals surface area (Å²) in [5.74, 6) is -0.535. The summed E-state index contributed by atoms with van der Waals surface area (Å²) in [5.41, 5.74) is 6.12. The predicted molar refractivity (Wildman–Crippen MR) is 56.8 cm³/mol. The fraction of sp³-hybridized carbons (Fsp3) is 0.444. The first kappa shape index (κ1) is 12.0. The number of hydrogen-bond donors (Lipinski definition) is 3. The van der Waals surface area contributed by atoms with Crippen LogP contribution in [-0.2, 0) is 4.74 Å². The zero-order valence-corrected chi connectivity index (χ0v) is 9.08. The Bertz CT molecular complexity index is 330. The molecule has 84 valence electrons. The number of aryl methyl sites for hydroxylation is 1. The van der Waals surface area contributed by atoms with Crippen LogP contribution in [0.15, 0.2) is 6.07 Å². The minimum absolute atomic E-state index is 0.216. The first-order valence-corrected chi connectivity index (χ1v) is 5.18. The van der Waals surface area contributed by atoms with Crippen molar-refractivity contribution in [3.8, 4) is 0 Å². The van der Waals surface area contributed by atoms with Gasteiger partial charge in [0.15, 0.2) is 0 Å². The minimum atomic E-state index is -1.03. The van der Waals surface area contributed by atoms with Gasteiger partial charge in [-0.05, 0) is 13.0 Å². The van der Waals surface area contributed by atoms with Gasteiger partial charge in [0.1, 0.15) is 17.6 Å². The van der Waals surface area contributed by atoms with Gasteiger partial charge in [0.2, 0.25) is 0 Å². The lowest BCUT2D eigenvalue weighted by Crippen LogP contribution is -2.21. The van der Waals surface area contributed by atoms with Crippen molar-refractivity contribution in [3.05, 3.63) is 15.8 Å². The molecule has 0 spiro atoms. The van der Waals surface area contributed by atoms with Crippen molar-refractivity contribution in [1.29, 1.82) is 0 Å². The minimum Gasteiger partial charge on any atom is -0.459 e. The second-order valence-electron chi connectivity index (χ2n) is 3.06. The highest BCUT2D eigenvalue weighted by molar-refractivity contribution is 7.14. The highest BCUT2D eigenvalue weighted by Gasteiger charge is 2.13. The molecule has 0 saturated carbocycles. The monoisotopic (exact) mass is 231 g/mol. The molecule has 0 fully saturated rings. The fourth-order valence-corrected chi connectivity index (χ4v) is 1.73. The molecule has 1 aromatic heterocycles. The molecule has 0 aliphatic carbocycles. The SMILES string of the molecule is Cc1sc(C(=O)OCC(O)CO)cc1N. The van der Waals surface area contributed by atoms with Crippen LogP contribution in [0.2, 0.25) is 0 Å². The quantitative estimate of drug-likeness (QED) is 0.641. The molecule has 0 aromatic carbocycles. The maximum absolute atomic E-state index is 11.4. The van der Waals surface area contributed by atoms with E-state index in [2.05, 4.69) is 0 Å². The number of nitrogen functional groups attached to an aromatic ring is 1. The molecule has 1 atom stereocenters. The molecule has 15 heavy (non-hydrogen) atoms. The third-order valence-corrected chi connectivity index (χ3v) is 2.82. The highest BCUT2D eigenvalue weighted by atomic mass is 32.1. The summed E-state index contributed by atoms with van der Waals surface area (Å²) in [6.07, 6.45) is -1.03. The third kappa shape index (κ3) is 3.19. The Kier molecular flexibility index (Phi) is 4.07. The second kappa shape index (κ2) is 5.11. The van der Waals surface area contributed by atoms with Crippen LogP contribution in [0.3, 0.4) is 0 Å². The van der Waals surface area contributed by atoms with Crippen LogP contribution in [0.25, 0.3) is 0 Å². The Balaban J connectivity index is 2.54. The van der Waals surface area contributed by atoms with Gasteiger partial charge >= 0.3 is 5.97 Å². The summed E-state index contributed by atoms with van der Waals surface area (Å²) in [6, 6.07) is 1.54.